The topological polar surface area (TPSA) is 34.0 Å². The first kappa shape index (κ1) is 20.6. The van der Waals surface area contributed by atoms with Gasteiger partial charge in [-0.15, -0.1) is 0 Å². The molecule has 4 heteroatoms. The number of hydrogen-bond donors (Lipinski definition) is 1. The summed E-state index contributed by atoms with van der Waals surface area (Å²) in [6, 6.07) is 15.4. The number of fused-ring (bicyclic) bond motifs is 1. The minimum Gasteiger partial charge on any atom is -0.353 e. The summed E-state index contributed by atoms with van der Waals surface area (Å²) in [7, 11) is 0. The van der Waals surface area contributed by atoms with Crippen LogP contribution < -0.4 is 5.32 Å². The SMILES string of the molecule is C[C@@H]1[C@H](C)CCC[C@@H]1NC(=O)CCc1cn(Cc2ccccc2F)c2ccccc12. The molecule has 0 bridgehead atoms. The van der Waals surface area contributed by atoms with Gasteiger partial charge in [0, 0.05) is 35.1 Å². The molecule has 0 aliphatic heterocycles. The van der Waals surface area contributed by atoms with Gasteiger partial charge >= 0.3 is 0 Å². The van der Waals surface area contributed by atoms with Crippen molar-refractivity contribution in [2.45, 2.75) is 58.5 Å². The Morgan fingerprint density at radius 3 is 2.67 bits per heavy atom. The van der Waals surface area contributed by atoms with Crippen LogP contribution in [-0.2, 0) is 17.8 Å². The number of halogens is 1. The number of hydrogen-bond acceptors (Lipinski definition) is 1. The highest BCUT2D eigenvalue weighted by molar-refractivity contribution is 5.85. The normalized spacial score (nSPS) is 21.6. The van der Waals surface area contributed by atoms with E-state index in [0.29, 0.717) is 42.8 Å². The van der Waals surface area contributed by atoms with Crippen LogP contribution in [0.5, 0.6) is 0 Å². The minimum atomic E-state index is -0.188. The zero-order chi connectivity index (χ0) is 21.1. The molecule has 4 rings (SSSR count). The van der Waals surface area contributed by atoms with Crippen molar-refractivity contribution in [3.05, 3.63) is 71.7 Å². The molecule has 0 saturated heterocycles. The van der Waals surface area contributed by atoms with Crippen LogP contribution in [0.15, 0.2) is 54.7 Å². The van der Waals surface area contributed by atoms with Crippen LogP contribution in [0.1, 0.15) is 50.7 Å². The van der Waals surface area contributed by atoms with Crippen molar-refractivity contribution < 1.29 is 9.18 Å². The van der Waals surface area contributed by atoms with Gasteiger partial charge in [0.2, 0.25) is 5.91 Å². The van der Waals surface area contributed by atoms with E-state index in [1.54, 1.807) is 6.07 Å². The Morgan fingerprint density at radius 1 is 1.07 bits per heavy atom. The Bertz CT molecular complexity index is 1020. The average Bonchev–Trinajstić information content (AvgIpc) is 3.09. The van der Waals surface area contributed by atoms with Gasteiger partial charge in [-0.05, 0) is 42.4 Å². The molecule has 1 amide bonds. The molecule has 1 N–H and O–H groups in total. The molecular weight excluding hydrogens is 375 g/mol. The van der Waals surface area contributed by atoms with Gasteiger partial charge in [0.15, 0.2) is 0 Å². The Kier molecular flexibility index (Phi) is 6.21. The van der Waals surface area contributed by atoms with Crippen molar-refractivity contribution in [2.75, 3.05) is 0 Å². The molecule has 3 aromatic rings. The van der Waals surface area contributed by atoms with E-state index in [4.69, 9.17) is 0 Å². The summed E-state index contributed by atoms with van der Waals surface area (Å²) < 4.78 is 16.2. The number of amides is 1. The lowest BCUT2D eigenvalue weighted by Gasteiger charge is -2.34. The van der Waals surface area contributed by atoms with E-state index < -0.39 is 0 Å². The first-order chi connectivity index (χ1) is 14.5. The van der Waals surface area contributed by atoms with Crippen molar-refractivity contribution in [3.63, 3.8) is 0 Å². The van der Waals surface area contributed by atoms with Crippen LogP contribution in [0.3, 0.4) is 0 Å². The van der Waals surface area contributed by atoms with E-state index in [2.05, 4.69) is 42.1 Å². The van der Waals surface area contributed by atoms with Crippen molar-refractivity contribution in [2.24, 2.45) is 11.8 Å². The van der Waals surface area contributed by atoms with E-state index in [1.165, 1.54) is 18.9 Å². The number of nitrogens with zero attached hydrogens (tertiary/aromatic N) is 1. The standard InChI is InChI=1S/C26H31FN2O/c1-18-8-7-12-24(19(18)2)28-26(30)15-14-20-16-29(25-13-6-4-10-22(20)25)17-21-9-3-5-11-23(21)27/h3-6,9-11,13,16,18-19,24H,7-8,12,14-15,17H2,1-2H3,(H,28,30)/t18-,19-,24+/m1/s1. The van der Waals surface area contributed by atoms with Gasteiger partial charge in [-0.1, -0.05) is 63.1 Å². The molecule has 1 fully saturated rings. The lowest BCUT2D eigenvalue weighted by Crippen LogP contribution is -2.43. The van der Waals surface area contributed by atoms with E-state index in [-0.39, 0.29) is 11.7 Å². The molecule has 3 atom stereocenters. The number of carbonyl (C=O) groups is 1. The number of nitrogens with one attached hydrogen (secondary N) is 1. The van der Waals surface area contributed by atoms with Gasteiger partial charge in [-0.3, -0.25) is 4.79 Å². The first-order valence-corrected chi connectivity index (χ1v) is 11.1. The third-order valence-corrected chi connectivity index (χ3v) is 6.84. The van der Waals surface area contributed by atoms with Crippen molar-refractivity contribution in [1.82, 2.24) is 9.88 Å². The summed E-state index contributed by atoms with van der Waals surface area (Å²) in [6.07, 6.45) is 6.78. The summed E-state index contributed by atoms with van der Waals surface area (Å²) in [6.45, 7) is 5.02. The molecule has 0 radical (unpaired) electrons. The third-order valence-electron chi connectivity index (χ3n) is 6.84. The molecule has 2 aromatic carbocycles. The number of aromatic nitrogens is 1. The zero-order valence-corrected chi connectivity index (χ0v) is 17.9. The number of benzene rings is 2. The Morgan fingerprint density at radius 2 is 1.83 bits per heavy atom. The van der Waals surface area contributed by atoms with E-state index in [9.17, 15) is 9.18 Å². The third kappa shape index (κ3) is 4.43. The highest BCUT2D eigenvalue weighted by Crippen LogP contribution is 2.30. The van der Waals surface area contributed by atoms with E-state index in [0.717, 1.165) is 22.9 Å². The van der Waals surface area contributed by atoms with Crippen LogP contribution in [0.25, 0.3) is 10.9 Å². The largest absolute Gasteiger partial charge is 0.353 e. The van der Waals surface area contributed by atoms with Gasteiger partial charge in [-0.2, -0.15) is 0 Å². The molecule has 30 heavy (non-hydrogen) atoms. The van der Waals surface area contributed by atoms with Crippen LogP contribution in [0, 0.1) is 17.7 Å². The Labute approximate surface area is 178 Å². The maximum absolute atomic E-state index is 14.2. The summed E-state index contributed by atoms with van der Waals surface area (Å²) in [5, 5.41) is 4.42. The van der Waals surface area contributed by atoms with Crippen LogP contribution in [0.4, 0.5) is 4.39 Å². The lowest BCUT2D eigenvalue weighted by atomic mass is 9.78. The predicted octanol–water partition coefficient (Wildman–Crippen LogP) is 5.70. The van der Waals surface area contributed by atoms with Gasteiger partial charge in [0.1, 0.15) is 5.82 Å². The van der Waals surface area contributed by atoms with Gasteiger partial charge in [0.05, 0.1) is 6.54 Å². The molecule has 1 aliphatic carbocycles. The van der Waals surface area contributed by atoms with Crippen molar-refractivity contribution in [1.29, 1.82) is 0 Å². The van der Waals surface area contributed by atoms with Crippen LogP contribution >= 0.6 is 0 Å². The molecule has 158 valence electrons. The molecular formula is C26H31FN2O. The van der Waals surface area contributed by atoms with E-state index >= 15 is 0 Å². The Hall–Kier alpha value is -2.62. The highest BCUT2D eigenvalue weighted by atomic mass is 19.1. The molecule has 1 aliphatic rings. The van der Waals surface area contributed by atoms with Gasteiger partial charge < -0.3 is 9.88 Å². The number of rotatable bonds is 6. The van der Waals surface area contributed by atoms with Crippen molar-refractivity contribution in [3.8, 4) is 0 Å². The smallest absolute Gasteiger partial charge is 0.220 e. The second-order valence-electron chi connectivity index (χ2n) is 8.83. The minimum absolute atomic E-state index is 0.131. The number of para-hydroxylation sites is 1. The van der Waals surface area contributed by atoms with Gasteiger partial charge in [-0.25, -0.2) is 4.39 Å². The van der Waals surface area contributed by atoms with Crippen molar-refractivity contribution >= 4 is 16.8 Å². The molecule has 1 aromatic heterocycles. The molecule has 1 heterocycles. The average molecular weight is 407 g/mol. The predicted molar refractivity (Wildman–Crippen MR) is 120 cm³/mol. The quantitative estimate of drug-likeness (QED) is 0.560. The molecule has 0 spiro atoms. The highest BCUT2D eigenvalue weighted by Gasteiger charge is 2.28. The summed E-state index contributed by atoms with van der Waals surface area (Å²) in [5.74, 6) is 1.14. The zero-order valence-electron chi connectivity index (χ0n) is 17.9. The van der Waals surface area contributed by atoms with Crippen LogP contribution in [-0.4, -0.2) is 16.5 Å². The monoisotopic (exact) mass is 406 g/mol. The number of aryl methyl sites for hydroxylation is 1. The van der Waals surface area contributed by atoms with Gasteiger partial charge in [0.25, 0.3) is 0 Å². The first-order valence-electron chi connectivity index (χ1n) is 11.1. The lowest BCUT2D eigenvalue weighted by molar-refractivity contribution is -0.122. The maximum Gasteiger partial charge on any atom is 0.220 e. The fourth-order valence-electron chi connectivity index (χ4n) is 4.78. The molecule has 3 nitrogen and oxygen atoms in total. The fraction of sp³-hybridized carbons (Fsp3) is 0.423. The molecule has 0 unspecified atom stereocenters. The summed E-state index contributed by atoms with van der Waals surface area (Å²) in [4.78, 5) is 12.6. The van der Waals surface area contributed by atoms with E-state index in [1.807, 2.05) is 24.3 Å². The molecule has 1 saturated carbocycles. The number of carbonyl (C=O) groups excluding carboxylic acids is 1. The summed E-state index contributed by atoms with van der Waals surface area (Å²) >= 11 is 0. The maximum atomic E-state index is 14.2. The fourth-order valence-corrected chi connectivity index (χ4v) is 4.78. The Balaban J connectivity index is 1.47. The summed E-state index contributed by atoms with van der Waals surface area (Å²) in [5.41, 5.74) is 2.89. The van der Waals surface area contributed by atoms with Crippen LogP contribution in [0.2, 0.25) is 0 Å². The second-order valence-corrected chi connectivity index (χ2v) is 8.83. The second kappa shape index (κ2) is 9.03.